The number of carbonyl (C=O) groups excluding carboxylic acids is 1. The van der Waals surface area contributed by atoms with Crippen molar-refractivity contribution in [3.05, 3.63) is 81.5 Å². The molecule has 2 aromatic carbocycles. The number of aryl methyl sites for hydroxylation is 1. The van der Waals surface area contributed by atoms with Crippen molar-refractivity contribution in [2.45, 2.75) is 19.4 Å². The van der Waals surface area contributed by atoms with E-state index < -0.39 is 6.10 Å². The lowest BCUT2D eigenvalue weighted by atomic mass is 9.99. The van der Waals surface area contributed by atoms with Crippen LogP contribution in [0.5, 0.6) is 0 Å². The highest BCUT2D eigenvalue weighted by Crippen LogP contribution is 2.31. The average molecular weight is 470 g/mol. The molecule has 9 heteroatoms. The predicted molar refractivity (Wildman–Crippen MR) is 126 cm³/mol. The summed E-state index contributed by atoms with van der Waals surface area (Å²) in [5.74, 6) is -0.0606. The summed E-state index contributed by atoms with van der Waals surface area (Å²) >= 11 is 12.4. The van der Waals surface area contributed by atoms with Crippen molar-refractivity contribution in [2.75, 3.05) is 12.3 Å². The first-order valence-corrected chi connectivity index (χ1v) is 10.7. The quantitative estimate of drug-likeness (QED) is 0.386. The monoisotopic (exact) mass is 469 g/mol. The Morgan fingerprint density at radius 1 is 1.19 bits per heavy atom. The van der Waals surface area contributed by atoms with E-state index in [1.54, 1.807) is 47.1 Å². The third-order valence-electron chi connectivity index (χ3n) is 5.18. The van der Waals surface area contributed by atoms with Crippen LogP contribution in [-0.2, 0) is 0 Å². The van der Waals surface area contributed by atoms with Gasteiger partial charge in [-0.2, -0.15) is 4.98 Å². The van der Waals surface area contributed by atoms with E-state index in [-0.39, 0.29) is 11.9 Å². The van der Waals surface area contributed by atoms with Gasteiger partial charge in [0.15, 0.2) is 5.65 Å². The number of hydrogen-bond acceptors (Lipinski definition) is 5. The lowest BCUT2D eigenvalue weighted by Gasteiger charge is -2.14. The Labute approximate surface area is 194 Å². The Kier molecular flexibility index (Phi) is 6.32. The van der Waals surface area contributed by atoms with E-state index >= 15 is 0 Å². The number of pyridine rings is 1. The zero-order valence-corrected chi connectivity index (χ0v) is 18.7. The lowest BCUT2D eigenvalue weighted by Crippen LogP contribution is -2.26. The Hall–Kier alpha value is -3.13. The van der Waals surface area contributed by atoms with Crippen molar-refractivity contribution in [1.82, 2.24) is 19.9 Å². The number of aliphatic hydroxyl groups excluding tert-OH is 1. The third kappa shape index (κ3) is 4.70. The molecule has 1 amide bonds. The topological polar surface area (TPSA) is 106 Å². The maximum atomic E-state index is 12.8. The number of amides is 1. The molecule has 2 heterocycles. The Balaban J connectivity index is 1.50. The number of rotatable bonds is 6. The second kappa shape index (κ2) is 9.16. The van der Waals surface area contributed by atoms with Crippen LogP contribution < -0.4 is 11.1 Å². The minimum Gasteiger partial charge on any atom is -0.388 e. The number of nitrogens with two attached hydrogens (primary N) is 1. The van der Waals surface area contributed by atoms with Crippen LogP contribution in [0.15, 0.2) is 54.7 Å². The fraction of sp³-hybridized carbons (Fsp3) is 0.174. The van der Waals surface area contributed by atoms with Gasteiger partial charge >= 0.3 is 0 Å². The van der Waals surface area contributed by atoms with E-state index in [4.69, 9.17) is 28.9 Å². The normalized spacial score (nSPS) is 12.1. The van der Waals surface area contributed by atoms with E-state index in [2.05, 4.69) is 15.4 Å². The number of anilines is 1. The SMILES string of the molecule is Cc1cc(Cl)c(-c2ccn3nc(N)nc3c2)cc1C(=O)NCC[C@H](O)c1ccc(Cl)cc1. The number of aromatic nitrogens is 3. The average Bonchev–Trinajstić information content (AvgIpc) is 3.13. The van der Waals surface area contributed by atoms with Crippen molar-refractivity contribution in [3.63, 3.8) is 0 Å². The third-order valence-corrected chi connectivity index (χ3v) is 5.75. The molecule has 0 aliphatic rings. The van der Waals surface area contributed by atoms with Crippen LogP contribution in [-0.4, -0.2) is 32.2 Å². The molecule has 0 radical (unpaired) electrons. The second-order valence-electron chi connectivity index (χ2n) is 7.45. The molecule has 1 atom stereocenters. The Bertz CT molecular complexity index is 1290. The molecule has 0 unspecified atom stereocenters. The summed E-state index contributed by atoms with van der Waals surface area (Å²) in [6.45, 7) is 2.14. The minimum absolute atomic E-state index is 0.179. The highest BCUT2D eigenvalue weighted by atomic mass is 35.5. The van der Waals surface area contributed by atoms with Gasteiger partial charge in [0.05, 0.1) is 6.10 Å². The molecular formula is C23H21Cl2N5O2. The van der Waals surface area contributed by atoms with E-state index in [0.717, 1.165) is 16.7 Å². The smallest absolute Gasteiger partial charge is 0.251 e. The van der Waals surface area contributed by atoms with Gasteiger partial charge in [0, 0.05) is 33.9 Å². The van der Waals surface area contributed by atoms with E-state index in [9.17, 15) is 9.90 Å². The van der Waals surface area contributed by atoms with Gasteiger partial charge in [0.1, 0.15) is 0 Å². The van der Waals surface area contributed by atoms with Crippen molar-refractivity contribution < 1.29 is 9.90 Å². The number of hydrogen-bond donors (Lipinski definition) is 3. The maximum absolute atomic E-state index is 12.8. The number of benzene rings is 2. The van der Waals surface area contributed by atoms with E-state index in [1.807, 2.05) is 19.1 Å². The highest BCUT2D eigenvalue weighted by molar-refractivity contribution is 6.33. The van der Waals surface area contributed by atoms with Crippen LogP contribution in [0.3, 0.4) is 0 Å². The molecule has 0 aliphatic heterocycles. The fourth-order valence-corrected chi connectivity index (χ4v) is 3.93. The number of nitrogens with zero attached hydrogens (tertiary/aromatic N) is 3. The number of nitrogens with one attached hydrogen (secondary N) is 1. The molecule has 32 heavy (non-hydrogen) atoms. The first kappa shape index (κ1) is 22.1. The van der Waals surface area contributed by atoms with E-state index in [0.29, 0.717) is 39.8 Å². The Morgan fingerprint density at radius 3 is 2.69 bits per heavy atom. The molecule has 4 rings (SSSR count). The number of fused-ring (bicyclic) bond motifs is 1. The van der Waals surface area contributed by atoms with Crippen molar-refractivity contribution >= 4 is 40.7 Å². The van der Waals surface area contributed by atoms with Crippen LogP contribution in [0.4, 0.5) is 5.95 Å². The zero-order chi connectivity index (χ0) is 22.8. The molecule has 4 N–H and O–H groups in total. The lowest BCUT2D eigenvalue weighted by molar-refractivity contribution is 0.0942. The second-order valence-corrected chi connectivity index (χ2v) is 8.29. The zero-order valence-electron chi connectivity index (χ0n) is 17.2. The van der Waals surface area contributed by atoms with Gasteiger partial charge in [-0.05, 0) is 66.4 Å². The molecule has 164 valence electrons. The van der Waals surface area contributed by atoms with Crippen LogP contribution in [0, 0.1) is 6.92 Å². The molecule has 0 bridgehead atoms. The van der Waals surface area contributed by atoms with Crippen LogP contribution in [0.1, 0.15) is 34.0 Å². The number of halogens is 2. The summed E-state index contributed by atoms with van der Waals surface area (Å²) in [5.41, 5.74) is 9.74. The largest absolute Gasteiger partial charge is 0.388 e. The summed E-state index contributed by atoms with van der Waals surface area (Å²) in [7, 11) is 0. The first-order valence-electron chi connectivity index (χ1n) is 9.96. The molecule has 0 saturated carbocycles. The van der Waals surface area contributed by atoms with Gasteiger partial charge in [0.25, 0.3) is 5.91 Å². The van der Waals surface area contributed by atoms with Crippen LogP contribution in [0.25, 0.3) is 16.8 Å². The maximum Gasteiger partial charge on any atom is 0.251 e. The fourth-order valence-electron chi connectivity index (χ4n) is 3.47. The highest BCUT2D eigenvalue weighted by Gasteiger charge is 2.15. The molecule has 0 aliphatic carbocycles. The van der Waals surface area contributed by atoms with Gasteiger partial charge in [-0.1, -0.05) is 35.3 Å². The molecular weight excluding hydrogens is 449 g/mol. The molecule has 4 aromatic rings. The van der Waals surface area contributed by atoms with Crippen LogP contribution >= 0.6 is 23.2 Å². The predicted octanol–water partition coefficient (Wildman–Crippen LogP) is 4.45. The summed E-state index contributed by atoms with van der Waals surface area (Å²) in [6.07, 6.45) is 1.41. The minimum atomic E-state index is -0.697. The van der Waals surface area contributed by atoms with Gasteiger partial charge in [0.2, 0.25) is 5.95 Å². The summed E-state index contributed by atoms with van der Waals surface area (Å²) in [6, 6.07) is 14.1. The van der Waals surface area contributed by atoms with Gasteiger partial charge in [-0.3, -0.25) is 4.79 Å². The van der Waals surface area contributed by atoms with Crippen molar-refractivity contribution in [3.8, 4) is 11.1 Å². The summed E-state index contributed by atoms with van der Waals surface area (Å²) in [5, 5.41) is 18.4. The van der Waals surface area contributed by atoms with Crippen molar-refractivity contribution in [1.29, 1.82) is 0 Å². The first-order chi connectivity index (χ1) is 15.3. The number of aliphatic hydroxyl groups is 1. The van der Waals surface area contributed by atoms with Crippen LogP contribution in [0.2, 0.25) is 10.0 Å². The molecule has 0 saturated heterocycles. The van der Waals surface area contributed by atoms with Crippen molar-refractivity contribution in [2.24, 2.45) is 0 Å². The van der Waals surface area contributed by atoms with Gasteiger partial charge < -0.3 is 16.2 Å². The molecule has 0 fully saturated rings. The molecule has 2 aromatic heterocycles. The number of nitrogen functional groups attached to an aromatic ring is 1. The van der Waals surface area contributed by atoms with Gasteiger partial charge in [-0.15, -0.1) is 5.10 Å². The molecule has 0 spiro atoms. The van der Waals surface area contributed by atoms with Gasteiger partial charge in [-0.25, -0.2) is 4.52 Å². The summed E-state index contributed by atoms with van der Waals surface area (Å²) in [4.78, 5) is 17.0. The standard InChI is InChI=1S/C23H21Cl2N5O2/c1-13-10-19(25)18(15-7-9-30-21(11-15)28-23(26)29-30)12-17(13)22(32)27-8-6-20(31)14-2-4-16(24)5-3-14/h2-5,7,9-12,20,31H,6,8H2,1H3,(H2,26,29)(H,27,32)/t20-/m0/s1. The van der Waals surface area contributed by atoms with E-state index in [1.165, 1.54) is 0 Å². The summed E-state index contributed by atoms with van der Waals surface area (Å²) < 4.78 is 1.57. The number of carbonyl (C=O) groups is 1. The molecule has 7 nitrogen and oxygen atoms in total. The Morgan fingerprint density at radius 2 is 1.94 bits per heavy atom.